The van der Waals surface area contributed by atoms with E-state index in [1.54, 1.807) is 24.3 Å². The number of nitrogens with one attached hydrogen (secondary N) is 2. The van der Waals surface area contributed by atoms with E-state index in [4.69, 9.17) is 11.6 Å². The molecule has 1 atom stereocenters. The fourth-order valence-electron chi connectivity index (χ4n) is 4.06. The summed E-state index contributed by atoms with van der Waals surface area (Å²) in [5.41, 5.74) is 5.30. The van der Waals surface area contributed by atoms with Gasteiger partial charge in [-0.05, 0) is 92.1 Å². The molecule has 4 aromatic carbocycles. The number of carbonyl (C=O) groups is 1. The maximum absolute atomic E-state index is 12.6. The Balaban J connectivity index is 1.67. The van der Waals surface area contributed by atoms with Crippen LogP contribution in [-0.2, 0) is 0 Å². The Labute approximate surface area is 201 Å². The van der Waals surface area contributed by atoms with E-state index in [1.807, 2.05) is 18.2 Å². The van der Waals surface area contributed by atoms with Crippen molar-refractivity contribution in [3.8, 4) is 0 Å². The van der Waals surface area contributed by atoms with Gasteiger partial charge in [-0.3, -0.25) is 0 Å². The molecule has 2 N–H and O–H groups in total. The highest BCUT2D eigenvalue weighted by atomic mass is 35.5. The van der Waals surface area contributed by atoms with E-state index in [1.165, 1.54) is 32.6 Å². The van der Waals surface area contributed by atoms with Gasteiger partial charge in [-0.1, -0.05) is 71.8 Å². The molecule has 0 aromatic heterocycles. The lowest BCUT2D eigenvalue weighted by atomic mass is 10.1. The van der Waals surface area contributed by atoms with Gasteiger partial charge in [0.05, 0.1) is 0 Å². The van der Waals surface area contributed by atoms with E-state index >= 15 is 0 Å². The first-order chi connectivity index (χ1) is 15.9. The molecule has 0 aliphatic carbocycles. The van der Waals surface area contributed by atoms with Crippen molar-refractivity contribution in [1.82, 2.24) is 0 Å². The summed E-state index contributed by atoms with van der Waals surface area (Å²) in [7, 11) is -0.779. The molecule has 0 aliphatic rings. The average Bonchev–Trinajstić information content (AvgIpc) is 2.78. The number of halogens is 1. The summed E-state index contributed by atoms with van der Waals surface area (Å²) in [4.78, 5) is 12.6. The lowest BCUT2D eigenvalue weighted by molar-refractivity contribution is 0.262. The lowest BCUT2D eigenvalue weighted by Crippen LogP contribution is -2.25. The third-order valence-corrected chi connectivity index (χ3v) is 8.35. The molecule has 0 aliphatic heterocycles. The molecule has 0 saturated carbocycles. The third-order valence-electron chi connectivity index (χ3n) is 5.34. The Kier molecular flexibility index (Phi) is 7.13. The fourth-order valence-corrected chi connectivity index (χ4v) is 6.81. The highest BCUT2D eigenvalue weighted by molar-refractivity contribution is 7.80. The molecule has 0 spiro atoms. The van der Waals surface area contributed by atoms with Gasteiger partial charge in [0.2, 0.25) is 0 Å². The predicted molar refractivity (Wildman–Crippen MR) is 143 cm³/mol. The van der Waals surface area contributed by atoms with Crippen LogP contribution in [0.15, 0.2) is 91.0 Å². The summed E-state index contributed by atoms with van der Waals surface area (Å²) in [6.45, 7) is 6.52. The van der Waals surface area contributed by atoms with E-state index in [2.05, 4.69) is 79.9 Å². The Morgan fingerprint density at radius 3 is 1.97 bits per heavy atom. The van der Waals surface area contributed by atoms with E-state index in [0.29, 0.717) is 10.7 Å². The molecule has 3 nitrogen and oxygen atoms in total. The largest absolute Gasteiger partial charge is 0.323 e. The smallest absolute Gasteiger partial charge is 0.308 e. The minimum Gasteiger partial charge on any atom is -0.308 e. The summed E-state index contributed by atoms with van der Waals surface area (Å²) in [6, 6.07) is 30.0. The summed E-state index contributed by atoms with van der Waals surface area (Å²) in [5, 5.41) is 10.3. The van der Waals surface area contributed by atoms with Crippen LogP contribution in [0.25, 0.3) is 0 Å². The molecule has 0 saturated heterocycles. The highest BCUT2D eigenvalue weighted by Gasteiger charge is 2.21. The summed E-state index contributed by atoms with van der Waals surface area (Å²) in [5.74, 6) is 0. The van der Waals surface area contributed by atoms with Gasteiger partial charge in [0.1, 0.15) is 0 Å². The van der Waals surface area contributed by atoms with Gasteiger partial charge in [-0.2, -0.15) is 0 Å². The minimum atomic E-state index is -0.779. The number of rotatable bonds is 5. The van der Waals surface area contributed by atoms with Crippen molar-refractivity contribution in [1.29, 1.82) is 0 Å². The van der Waals surface area contributed by atoms with Gasteiger partial charge < -0.3 is 10.6 Å². The van der Waals surface area contributed by atoms with Gasteiger partial charge in [0, 0.05) is 16.4 Å². The van der Waals surface area contributed by atoms with Crippen molar-refractivity contribution in [3.05, 3.63) is 113 Å². The van der Waals surface area contributed by atoms with E-state index in [9.17, 15) is 4.79 Å². The number of urea groups is 1. The first-order valence-corrected chi connectivity index (χ1v) is 12.5. The zero-order chi connectivity index (χ0) is 23.4. The first kappa shape index (κ1) is 23.0. The van der Waals surface area contributed by atoms with Crippen molar-refractivity contribution >= 4 is 52.8 Å². The molecule has 2 amide bonds. The van der Waals surface area contributed by atoms with E-state index in [0.717, 1.165) is 5.69 Å². The van der Waals surface area contributed by atoms with Crippen LogP contribution in [0.5, 0.6) is 0 Å². The summed E-state index contributed by atoms with van der Waals surface area (Å²) < 4.78 is 0. The van der Waals surface area contributed by atoms with Crippen LogP contribution in [0.1, 0.15) is 16.7 Å². The van der Waals surface area contributed by atoms with Gasteiger partial charge in [-0.25, -0.2) is 4.79 Å². The molecule has 33 heavy (non-hydrogen) atoms. The molecule has 0 bridgehead atoms. The van der Waals surface area contributed by atoms with Crippen LogP contribution in [0.4, 0.5) is 16.2 Å². The number of carbonyl (C=O) groups excluding carboxylic acids is 1. The van der Waals surface area contributed by atoms with E-state index in [-0.39, 0.29) is 6.03 Å². The zero-order valence-corrected chi connectivity index (χ0v) is 20.5. The second-order valence-corrected chi connectivity index (χ2v) is 10.6. The quantitative estimate of drug-likeness (QED) is 0.313. The maximum Gasteiger partial charge on any atom is 0.323 e. The van der Waals surface area contributed by atoms with Crippen molar-refractivity contribution in [2.45, 2.75) is 20.8 Å². The molecule has 0 radical (unpaired) electrons. The predicted octanol–water partition coefficient (Wildman–Crippen LogP) is 6.67. The van der Waals surface area contributed by atoms with Crippen LogP contribution in [0.3, 0.4) is 0 Å². The molecular formula is C28H26ClN2OP. The minimum absolute atomic E-state index is 0.291. The summed E-state index contributed by atoms with van der Waals surface area (Å²) in [6.07, 6.45) is 0. The van der Waals surface area contributed by atoms with Gasteiger partial charge >= 0.3 is 6.03 Å². The van der Waals surface area contributed by atoms with Crippen molar-refractivity contribution < 1.29 is 4.79 Å². The average molecular weight is 473 g/mol. The number of hydrogen-bond acceptors (Lipinski definition) is 1. The molecular weight excluding hydrogens is 447 g/mol. The second-order valence-electron chi connectivity index (χ2n) is 8.05. The molecule has 0 heterocycles. The van der Waals surface area contributed by atoms with Crippen LogP contribution in [-0.4, -0.2) is 6.03 Å². The Bertz CT molecular complexity index is 1250. The third kappa shape index (κ3) is 5.63. The zero-order valence-electron chi connectivity index (χ0n) is 18.9. The molecule has 166 valence electrons. The normalized spacial score (nSPS) is 11.6. The SMILES string of the molecule is Cc1cc(C)c(P(c2ccccc2)c2cccc(NC(=O)Nc3ccc(Cl)cc3)c2)c(C)c1. The Morgan fingerprint density at radius 2 is 1.30 bits per heavy atom. The van der Waals surface area contributed by atoms with Crippen LogP contribution >= 0.6 is 19.5 Å². The molecule has 5 heteroatoms. The van der Waals surface area contributed by atoms with Gasteiger partial charge in [0.15, 0.2) is 0 Å². The summed E-state index contributed by atoms with van der Waals surface area (Å²) >= 11 is 5.93. The number of benzene rings is 4. The molecule has 4 rings (SSSR count). The molecule has 4 aromatic rings. The van der Waals surface area contributed by atoms with Crippen molar-refractivity contribution in [2.75, 3.05) is 10.6 Å². The van der Waals surface area contributed by atoms with Gasteiger partial charge in [-0.15, -0.1) is 0 Å². The first-order valence-electron chi connectivity index (χ1n) is 10.8. The number of aryl methyl sites for hydroxylation is 3. The highest BCUT2D eigenvalue weighted by Crippen LogP contribution is 2.36. The second kappa shape index (κ2) is 10.2. The topological polar surface area (TPSA) is 41.1 Å². The monoisotopic (exact) mass is 472 g/mol. The number of amides is 2. The Hall–Kier alpha value is -3.13. The van der Waals surface area contributed by atoms with E-state index < -0.39 is 7.92 Å². The van der Waals surface area contributed by atoms with Crippen LogP contribution < -0.4 is 26.5 Å². The van der Waals surface area contributed by atoms with Gasteiger partial charge in [0.25, 0.3) is 0 Å². The number of hydrogen-bond donors (Lipinski definition) is 2. The molecule has 0 fully saturated rings. The lowest BCUT2D eigenvalue weighted by Gasteiger charge is -2.24. The standard InChI is InChI=1S/C28H26ClN2OP/c1-19-16-20(2)27(21(3)17-19)33(25-9-5-4-6-10-25)26-11-7-8-24(18-26)31-28(32)30-23-14-12-22(29)13-15-23/h4-18H,1-3H3,(H2,30,31,32). The van der Waals surface area contributed by atoms with Crippen molar-refractivity contribution in [2.24, 2.45) is 0 Å². The van der Waals surface area contributed by atoms with Crippen molar-refractivity contribution in [3.63, 3.8) is 0 Å². The Morgan fingerprint density at radius 1 is 0.697 bits per heavy atom. The molecule has 1 unspecified atom stereocenters. The fraction of sp³-hybridized carbons (Fsp3) is 0.107. The van der Waals surface area contributed by atoms with Crippen LogP contribution in [0.2, 0.25) is 5.02 Å². The number of anilines is 2. The van der Waals surface area contributed by atoms with Crippen LogP contribution in [0, 0.1) is 20.8 Å². The maximum atomic E-state index is 12.6.